The fraction of sp³-hybridized carbons (Fsp3) is 0.684. The average Bonchev–Trinajstić information content (AvgIpc) is 2.92. The molecule has 0 saturated carbocycles. The molecule has 2 aliphatic rings. The fourth-order valence-electron chi connectivity index (χ4n) is 3.87. The van der Waals surface area contributed by atoms with Gasteiger partial charge in [-0.05, 0) is 57.9 Å². The molecule has 2 aliphatic heterocycles. The van der Waals surface area contributed by atoms with Gasteiger partial charge in [-0.2, -0.15) is 0 Å². The van der Waals surface area contributed by atoms with E-state index in [4.69, 9.17) is 4.42 Å². The zero-order valence-electron chi connectivity index (χ0n) is 15.0. The third-order valence-electron chi connectivity index (χ3n) is 5.42. The molecule has 2 amide bonds. The molecule has 5 heteroatoms. The minimum atomic E-state index is -0.311. The predicted octanol–water partition coefficient (Wildman–Crippen LogP) is 3.15. The second kappa shape index (κ2) is 6.99. The zero-order chi connectivity index (χ0) is 17.3. The number of furan rings is 1. The summed E-state index contributed by atoms with van der Waals surface area (Å²) in [4.78, 5) is 29.7. The van der Waals surface area contributed by atoms with Crippen molar-refractivity contribution in [1.82, 2.24) is 9.80 Å². The van der Waals surface area contributed by atoms with Crippen molar-refractivity contribution >= 4 is 11.8 Å². The molecule has 5 nitrogen and oxygen atoms in total. The number of nitrogens with zero attached hydrogens (tertiary/aromatic N) is 2. The summed E-state index contributed by atoms with van der Waals surface area (Å²) in [6.07, 6.45) is 4.86. The molecule has 2 saturated heterocycles. The normalized spacial score (nSPS) is 22.7. The molecule has 24 heavy (non-hydrogen) atoms. The van der Waals surface area contributed by atoms with Gasteiger partial charge < -0.3 is 14.2 Å². The Morgan fingerprint density at radius 3 is 2.42 bits per heavy atom. The van der Waals surface area contributed by atoms with Crippen molar-refractivity contribution in [1.29, 1.82) is 0 Å². The van der Waals surface area contributed by atoms with Crippen LogP contribution in [0.25, 0.3) is 0 Å². The number of carbonyl (C=O) groups excluding carboxylic acids is 2. The molecule has 0 bridgehead atoms. The maximum Gasteiger partial charge on any atom is 0.258 e. The van der Waals surface area contributed by atoms with Crippen LogP contribution in [0.4, 0.5) is 0 Å². The minimum absolute atomic E-state index is 0.0622. The Morgan fingerprint density at radius 2 is 1.79 bits per heavy atom. The standard InChI is InChI=1S/C19H28N2O3/c1-13-7-10-20(11-8-13)19(23)17-6-4-5-9-21(17)18(22)16-12-14(2)24-15(16)3/h12-13,17H,4-11H2,1-3H3/t17-/m1/s1. The smallest absolute Gasteiger partial charge is 0.258 e. The molecule has 0 spiro atoms. The summed E-state index contributed by atoms with van der Waals surface area (Å²) in [5, 5.41) is 0. The van der Waals surface area contributed by atoms with Crippen molar-refractivity contribution in [2.75, 3.05) is 19.6 Å². The summed E-state index contributed by atoms with van der Waals surface area (Å²) in [7, 11) is 0. The highest BCUT2D eigenvalue weighted by atomic mass is 16.3. The largest absolute Gasteiger partial charge is 0.466 e. The molecule has 1 aromatic heterocycles. The summed E-state index contributed by atoms with van der Waals surface area (Å²) in [6.45, 7) is 8.20. The maximum atomic E-state index is 13.0. The highest BCUT2D eigenvalue weighted by Crippen LogP contribution is 2.26. The monoisotopic (exact) mass is 332 g/mol. The lowest BCUT2D eigenvalue weighted by molar-refractivity contribution is -0.138. The van der Waals surface area contributed by atoms with E-state index in [0.29, 0.717) is 23.8 Å². The van der Waals surface area contributed by atoms with Crippen LogP contribution in [0.3, 0.4) is 0 Å². The van der Waals surface area contributed by atoms with Crippen molar-refractivity contribution in [3.8, 4) is 0 Å². The lowest BCUT2D eigenvalue weighted by atomic mass is 9.96. The van der Waals surface area contributed by atoms with Gasteiger partial charge in [0.2, 0.25) is 5.91 Å². The van der Waals surface area contributed by atoms with Crippen LogP contribution < -0.4 is 0 Å². The van der Waals surface area contributed by atoms with Crippen LogP contribution in [0.5, 0.6) is 0 Å². The van der Waals surface area contributed by atoms with Gasteiger partial charge in [0.1, 0.15) is 17.6 Å². The van der Waals surface area contributed by atoms with Gasteiger partial charge in [-0.1, -0.05) is 6.92 Å². The molecule has 3 rings (SSSR count). The van der Waals surface area contributed by atoms with E-state index in [0.717, 1.165) is 51.0 Å². The first kappa shape index (κ1) is 17.1. The number of hydrogen-bond acceptors (Lipinski definition) is 3. The van der Waals surface area contributed by atoms with Crippen LogP contribution in [-0.2, 0) is 4.79 Å². The van der Waals surface area contributed by atoms with Crippen molar-refractivity contribution in [3.63, 3.8) is 0 Å². The van der Waals surface area contributed by atoms with Crippen LogP contribution >= 0.6 is 0 Å². The van der Waals surface area contributed by atoms with Crippen molar-refractivity contribution in [2.45, 2.75) is 58.9 Å². The summed E-state index contributed by atoms with van der Waals surface area (Å²) in [5.74, 6) is 2.14. The molecular weight excluding hydrogens is 304 g/mol. The Morgan fingerprint density at radius 1 is 1.08 bits per heavy atom. The lowest BCUT2D eigenvalue weighted by Crippen LogP contribution is -2.54. The summed E-state index contributed by atoms with van der Waals surface area (Å²) in [5.41, 5.74) is 0.597. The number of piperidine rings is 2. The molecule has 2 fully saturated rings. The second-order valence-electron chi connectivity index (χ2n) is 7.34. The van der Waals surface area contributed by atoms with Gasteiger partial charge in [-0.25, -0.2) is 0 Å². The van der Waals surface area contributed by atoms with E-state index in [2.05, 4.69) is 6.92 Å². The summed E-state index contributed by atoms with van der Waals surface area (Å²) in [6, 6.07) is 1.48. The van der Waals surface area contributed by atoms with Crippen LogP contribution in [0, 0.1) is 19.8 Å². The van der Waals surface area contributed by atoms with E-state index in [1.807, 2.05) is 18.7 Å². The van der Waals surface area contributed by atoms with Gasteiger partial charge in [0.25, 0.3) is 5.91 Å². The first-order chi connectivity index (χ1) is 11.5. The molecule has 0 aromatic carbocycles. The van der Waals surface area contributed by atoms with Crippen molar-refractivity contribution in [3.05, 3.63) is 23.2 Å². The summed E-state index contributed by atoms with van der Waals surface area (Å²) < 4.78 is 5.51. The SMILES string of the molecule is Cc1cc(C(=O)N2CCCC[C@@H]2C(=O)N2CCC(C)CC2)c(C)o1. The molecular formula is C19H28N2O3. The molecule has 0 aliphatic carbocycles. The Labute approximate surface area is 144 Å². The van der Waals surface area contributed by atoms with Gasteiger partial charge in [-0.15, -0.1) is 0 Å². The van der Waals surface area contributed by atoms with E-state index in [1.165, 1.54) is 0 Å². The molecule has 0 N–H and O–H groups in total. The maximum absolute atomic E-state index is 13.0. The first-order valence-corrected chi connectivity index (χ1v) is 9.14. The topological polar surface area (TPSA) is 53.8 Å². The Balaban J connectivity index is 1.77. The van der Waals surface area contributed by atoms with Crippen LogP contribution in [0.2, 0.25) is 0 Å². The van der Waals surface area contributed by atoms with Gasteiger partial charge in [-0.3, -0.25) is 9.59 Å². The number of aryl methyl sites for hydroxylation is 2. The van der Waals surface area contributed by atoms with Crippen LogP contribution in [0.1, 0.15) is 60.9 Å². The van der Waals surface area contributed by atoms with E-state index >= 15 is 0 Å². The van der Waals surface area contributed by atoms with Crippen molar-refractivity contribution in [2.24, 2.45) is 5.92 Å². The number of amides is 2. The van der Waals surface area contributed by atoms with Gasteiger partial charge in [0, 0.05) is 19.6 Å². The van der Waals surface area contributed by atoms with Gasteiger partial charge >= 0.3 is 0 Å². The van der Waals surface area contributed by atoms with Crippen molar-refractivity contribution < 1.29 is 14.0 Å². The highest BCUT2D eigenvalue weighted by molar-refractivity contribution is 5.98. The predicted molar refractivity (Wildman–Crippen MR) is 91.8 cm³/mol. The lowest BCUT2D eigenvalue weighted by Gasteiger charge is -2.39. The average molecular weight is 332 g/mol. The zero-order valence-corrected chi connectivity index (χ0v) is 15.0. The Kier molecular flexibility index (Phi) is 4.97. The fourth-order valence-corrected chi connectivity index (χ4v) is 3.87. The second-order valence-corrected chi connectivity index (χ2v) is 7.34. The van der Waals surface area contributed by atoms with E-state index in [9.17, 15) is 9.59 Å². The molecule has 3 heterocycles. The molecule has 132 valence electrons. The third kappa shape index (κ3) is 3.35. The Bertz CT molecular complexity index is 614. The van der Waals surface area contributed by atoms with Crippen LogP contribution in [-0.4, -0.2) is 47.3 Å². The van der Waals surface area contributed by atoms with E-state index in [-0.39, 0.29) is 17.9 Å². The number of likely N-dealkylation sites (tertiary alicyclic amines) is 2. The number of carbonyl (C=O) groups is 2. The number of hydrogen-bond donors (Lipinski definition) is 0. The molecule has 0 radical (unpaired) electrons. The highest BCUT2D eigenvalue weighted by Gasteiger charge is 2.36. The van der Waals surface area contributed by atoms with Gasteiger partial charge in [0.05, 0.1) is 5.56 Å². The molecule has 1 atom stereocenters. The van der Waals surface area contributed by atoms with Crippen LogP contribution in [0.15, 0.2) is 10.5 Å². The first-order valence-electron chi connectivity index (χ1n) is 9.14. The third-order valence-corrected chi connectivity index (χ3v) is 5.42. The van der Waals surface area contributed by atoms with E-state index in [1.54, 1.807) is 11.0 Å². The molecule has 1 aromatic rings. The molecule has 0 unspecified atom stereocenters. The summed E-state index contributed by atoms with van der Waals surface area (Å²) >= 11 is 0. The van der Waals surface area contributed by atoms with Gasteiger partial charge in [0.15, 0.2) is 0 Å². The number of rotatable bonds is 2. The quantitative estimate of drug-likeness (QED) is 0.836. The minimum Gasteiger partial charge on any atom is -0.466 e. The van der Waals surface area contributed by atoms with E-state index < -0.39 is 0 Å². The Hall–Kier alpha value is -1.78.